The Balaban J connectivity index is 1.81. The Kier molecular flexibility index (Phi) is 3.17. The van der Waals surface area contributed by atoms with Crippen molar-refractivity contribution in [2.24, 2.45) is 0 Å². The van der Waals surface area contributed by atoms with Gasteiger partial charge >= 0.3 is 0 Å². The van der Waals surface area contributed by atoms with Gasteiger partial charge in [0, 0.05) is 12.0 Å². The average molecular weight is 280 g/mol. The maximum atomic E-state index is 5.57. The van der Waals surface area contributed by atoms with Crippen LogP contribution in [0.4, 0.5) is 5.95 Å². The Bertz CT molecular complexity index is 568. The van der Waals surface area contributed by atoms with E-state index in [0.29, 0.717) is 0 Å². The molecule has 1 unspecified atom stereocenters. The first-order chi connectivity index (χ1) is 8.86. The topological polar surface area (TPSA) is 54.8 Å². The fourth-order valence-corrected chi connectivity index (χ4v) is 3.18. The zero-order valence-electron chi connectivity index (χ0n) is 9.42. The Morgan fingerprint density at radius 2 is 2.11 bits per heavy atom. The van der Waals surface area contributed by atoms with E-state index in [0.717, 1.165) is 18.2 Å². The summed E-state index contributed by atoms with van der Waals surface area (Å²) in [5, 5.41) is 14.8. The highest BCUT2D eigenvalue weighted by molar-refractivity contribution is 7.63. The van der Waals surface area contributed by atoms with Crippen molar-refractivity contribution in [1.29, 1.82) is 0 Å². The van der Waals surface area contributed by atoms with E-state index in [-0.39, 0.29) is 0 Å². The van der Waals surface area contributed by atoms with Crippen molar-refractivity contribution >= 4 is 25.8 Å². The molecule has 5 nitrogen and oxygen atoms in total. The number of hydrogen-bond acceptors (Lipinski definition) is 4. The molecule has 1 aliphatic heterocycles. The van der Waals surface area contributed by atoms with E-state index in [1.165, 1.54) is 11.1 Å². The molecule has 1 atom stereocenters. The molecule has 2 N–H and O–H groups in total. The fraction of sp³-hybridized carbons (Fsp3) is 0.0909. The first-order valence-electron chi connectivity index (χ1n) is 5.44. The zero-order chi connectivity index (χ0) is 12.4. The van der Waals surface area contributed by atoms with Crippen LogP contribution in [0.5, 0.6) is 0 Å². The maximum absolute atomic E-state index is 5.57. The number of aromatic nitrogens is 3. The van der Waals surface area contributed by atoms with Crippen LogP contribution in [0.25, 0.3) is 0 Å². The number of nitrogens with one attached hydrogen (secondary N) is 2. The van der Waals surface area contributed by atoms with Gasteiger partial charge in [0.05, 0.1) is 0 Å². The molecule has 0 radical (unpaired) electrons. The highest BCUT2D eigenvalue weighted by Crippen LogP contribution is 2.40. The summed E-state index contributed by atoms with van der Waals surface area (Å²) in [6, 6.07) is 10.2. The molecular weight excluding hydrogens is 269 g/mol. The third kappa shape index (κ3) is 2.19. The molecule has 0 saturated heterocycles. The van der Waals surface area contributed by atoms with Crippen LogP contribution in [0.15, 0.2) is 41.7 Å². The average Bonchev–Trinajstić information content (AvgIpc) is 2.93. The minimum absolute atomic E-state index is 0.678. The van der Waals surface area contributed by atoms with Gasteiger partial charge in [-0.1, -0.05) is 41.9 Å². The molecule has 0 bridgehead atoms. The normalized spacial score (nSPS) is 17.5. The van der Waals surface area contributed by atoms with Crippen LogP contribution in [0.1, 0.15) is 11.4 Å². The highest BCUT2D eigenvalue weighted by atomic mass is 35.5. The molecule has 1 aromatic carbocycles. The summed E-state index contributed by atoms with van der Waals surface area (Å²) in [5.41, 5.74) is 2.71. The first-order valence-corrected chi connectivity index (χ1v) is 7.29. The second-order valence-electron chi connectivity index (χ2n) is 3.79. The Hall–Kier alpha value is -1.58. The van der Waals surface area contributed by atoms with Crippen LogP contribution in [0.2, 0.25) is 0 Å². The molecule has 0 amide bonds. The van der Waals surface area contributed by atoms with Gasteiger partial charge < -0.3 is 5.09 Å². The van der Waals surface area contributed by atoms with E-state index >= 15 is 0 Å². The zero-order valence-corrected chi connectivity index (χ0v) is 11.1. The predicted octanol–water partition coefficient (Wildman–Crippen LogP) is 2.86. The fourth-order valence-electron chi connectivity index (χ4n) is 1.75. The molecule has 2 aromatic rings. The van der Waals surface area contributed by atoms with Crippen molar-refractivity contribution in [2.75, 3.05) is 10.3 Å². The molecule has 1 aliphatic rings. The SMILES string of the molecule is ClC=CP1Nc2nnc(Cc3ccccc3)n2N1. The van der Waals surface area contributed by atoms with E-state index < -0.39 is 8.22 Å². The van der Waals surface area contributed by atoms with Crippen molar-refractivity contribution < 1.29 is 0 Å². The predicted molar refractivity (Wildman–Crippen MR) is 74.2 cm³/mol. The van der Waals surface area contributed by atoms with Crippen LogP contribution in [-0.2, 0) is 6.42 Å². The van der Waals surface area contributed by atoms with Gasteiger partial charge in [0.25, 0.3) is 0 Å². The monoisotopic (exact) mass is 279 g/mol. The van der Waals surface area contributed by atoms with E-state index in [2.05, 4.69) is 32.6 Å². The van der Waals surface area contributed by atoms with Crippen LogP contribution in [-0.4, -0.2) is 14.9 Å². The smallest absolute Gasteiger partial charge is 0.248 e. The number of benzene rings is 1. The summed E-state index contributed by atoms with van der Waals surface area (Å²) in [5.74, 6) is 3.50. The molecule has 92 valence electrons. The second kappa shape index (κ2) is 4.96. The molecule has 0 fully saturated rings. The lowest BCUT2D eigenvalue weighted by Gasteiger charge is -2.07. The third-order valence-electron chi connectivity index (χ3n) is 2.57. The van der Waals surface area contributed by atoms with Crippen LogP contribution in [0, 0.1) is 0 Å². The Labute approximate surface area is 111 Å². The van der Waals surface area contributed by atoms with Crippen molar-refractivity contribution in [3.63, 3.8) is 0 Å². The summed E-state index contributed by atoms with van der Waals surface area (Å²) in [7, 11) is -0.678. The lowest BCUT2D eigenvalue weighted by molar-refractivity contribution is 0.883. The largest absolute Gasteiger partial charge is 0.311 e. The van der Waals surface area contributed by atoms with Gasteiger partial charge in [-0.15, -0.1) is 10.2 Å². The number of fused-ring (bicyclic) bond motifs is 1. The van der Waals surface area contributed by atoms with E-state index in [1.54, 1.807) is 0 Å². The van der Waals surface area contributed by atoms with Gasteiger partial charge in [0.2, 0.25) is 5.95 Å². The summed E-state index contributed by atoms with van der Waals surface area (Å²) in [6.07, 6.45) is 0.746. The maximum Gasteiger partial charge on any atom is 0.248 e. The third-order valence-corrected chi connectivity index (χ3v) is 4.17. The van der Waals surface area contributed by atoms with E-state index in [9.17, 15) is 0 Å². The van der Waals surface area contributed by atoms with Gasteiger partial charge in [0.1, 0.15) is 8.22 Å². The molecule has 2 heterocycles. The minimum Gasteiger partial charge on any atom is -0.311 e. The Morgan fingerprint density at radius 3 is 2.89 bits per heavy atom. The lowest BCUT2D eigenvalue weighted by Crippen LogP contribution is -2.07. The molecule has 1 aromatic heterocycles. The molecule has 18 heavy (non-hydrogen) atoms. The van der Waals surface area contributed by atoms with Gasteiger partial charge in [0.15, 0.2) is 5.82 Å². The van der Waals surface area contributed by atoms with Gasteiger partial charge in [-0.2, -0.15) is 0 Å². The standard InChI is InChI=1S/C11H11ClN5P/c12-6-7-18-15-11-14-13-10(17(11)16-18)8-9-4-2-1-3-5-9/h1-7,16H,8H2,(H,14,15). The van der Waals surface area contributed by atoms with Crippen LogP contribution >= 0.6 is 19.8 Å². The number of nitrogens with zero attached hydrogens (tertiary/aromatic N) is 3. The molecule has 0 saturated carbocycles. The molecule has 0 spiro atoms. The van der Waals surface area contributed by atoms with Gasteiger partial charge in [-0.3, -0.25) is 5.20 Å². The molecule has 0 aliphatic carbocycles. The molecule has 3 rings (SSSR count). The van der Waals surface area contributed by atoms with Crippen LogP contribution < -0.4 is 10.3 Å². The van der Waals surface area contributed by atoms with Crippen molar-refractivity contribution in [2.45, 2.75) is 6.42 Å². The summed E-state index contributed by atoms with van der Waals surface area (Å²) in [6.45, 7) is 0. The van der Waals surface area contributed by atoms with Gasteiger partial charge in [-0.05, 0) is 11.4 Å². The van der Waals surface area contributed by atoms with E-state index in [1.807, 2.05) is 28.7 Å². The number of anilines is 1. The second-order valence-corrected chi connectivity index (χ2v) is 5.51. The molecular formula is C11H11ClN5P. The number of halogens is 1. The van der Waals surface area contributed by atoms with E-state index in [4.69, 9.17) is 11.6 Å². The summed E-state index contributed by atoms with van der Waals surface area (Å²) >= 11 is 5.57. The highest BCUT2D eigenvalue weighted by Gasteiger charge is 2.22. The number of rotatable bonds is 3. The lowest BCUT2D eigenvalue weighted by atomic mass is 10.1. The summed E-state index contributed by atoms with van der Waals surface area (Å²) < 4.78 is 1.88. The van der Waals surface area contributed by atoms with Crippen molar-refractivity contribution in [1.82, 2.24) is 14.9 Å². The van der Waals surface area contributed by atoms with Gasteiger partial charge in [-0.25, -0.2) is 4.68 Å². The minimum atomic E-state index is -0.678. The van der Waals surface area contributed by atoms with Crippen molar-refractivity contribution in [3.05, 3.63) is 53.1 Å². The van der Waals surface area contributed by atoms with Crippen LogP contribution in [0.3, 0.4) is 0 Å². The Morgan fingerprint density at radius 1 is 1.28 bits per heavy atom. The first kappa shape index (κ1) is 11.5. The molecule has 7 heteroatoms. The summed E-state index contributed by atoms with van der Waals surface area (Å²) in [4.78, 5) is 0. The van der Waals surface area contributed by atoms with Crippen molar-refractivity contribution in [3.8, 4) is 0 Å². The number of hydrogen-bond donors (Lipinski definition) is 2. The quantitative estimate of drug-likeness (QED) is 0.848.